The molecule has 3 aliphatic rings. The molecule has 3 fully saturated rings. The number of carbonyl (C=O) groups excluding carboxylic acids is 2. The fourth-order valence-electron chi connectivity index (χ4n) is 7.39. The highest BCUT2D eigenvalue weighted by atomic mass is 19.2. The highest BCUT2D eigenvalue weighted by molar-refractivity contribution is 5.95. The van der Waals surface area contributed by atoms with Gasteiger partial charge in [-0.3, -0.25) is 9.88 Å². The van der Waals surface area contributed by atoms with Crippen LogP contribution in [0.15, 0.2) is 60.8 Å². The van der Waals surface area contributed by atoms with Gasteiger partial charge in [-0.2, -0.15) is 0 Å². The first-order chi connectivity index (χ1) is 22.2. The number of aromatic nitrogens is 1. The molecule has 1 aromatic heterocycles. The zero-order valence-corrected chi connectivity index (χ0v) is 26.2. The maximum atomic E-state index is 14.3. The van der Waals surface area contributed by atoms with Crippen LogP contribution >= 0.6 is 0 Å². The molecular formula is C35H40F3N5O3. The Morgan fingerprint density at radius 2 is 1.72 bits per heavy atom. The Hall–Kier alpha value is -4.12. The van der Waals surface area contributed by atoms with Gasteiger partial charge in [0.1, 0.15) is 11.6 Å². The number of likely N-dealkylation sites (tertiary alicyclic amines) is 1. The van der Waals surface area contributed by atoms with Crippen LogP contribution in [-0.4, -0.2) is 70.6 Å². The summed E-state index contributed by atoms with van der Waals surface area (Å²) >= 11 is 0. The van der Waals surface area contributed by atoms with Crippen molar-refractivity contribution in [1.82, 2.24) is 25.0 Å². The molecule has 3 heterocycles. The fourth-order valence-corrected chi connectivity index (χ4v) is 7.39. The number of nitrogens with one attached hydrogen (secondary N) is 1. The Kier molecular flexibility index (Phi) is 9.49. The van der Waals surface area contributed by atoms with Crippen molar-refractivity contribution in [1.29, 1.82) is 0 Å². The molecule has 0 bridgehead atoms. The quantitative estimate of drug-likeness (QED) is 0.304. The van der Waals surface area contributed by atoms with Gasteiger partial charge in [-0.1, -0.05) is 36.4 Å². The average Bonchev–Trinajstić information content (AvgIpc) is 3.54. The minimum Gasteiger partial charge on any atom is -0.495 e. The highest BCUT2D eigenvalue weighted by Crippen LogP contribution is 2.39. The van der Waals surface area contributed by atoms with Crippen molar-refractivity contribution in [2.24, 2.45) is 0 Å². The molecule has 8 nitrogen and oxygen atoms in total. The normalized spacial score (nSPS) is 24.6. The molecule has 2 unspecified atom stereocenters. The third-order valence-electron chi connectivity index (χ3n) is 9.92. The number of halogens is 3. The lowest BCUT2D eigenvalue weighted by atomic mass is 9.83. The zero-order chi connectivity index (χ0) is 32.4. The minimum absolute atomic E-state index is 0.163. The lowest BCUT2D eigenvalue weighted by Crippen LogP contribution is -2.57. The Morgan fingerprint density at radius 1 is 0.957 bits per heavy atom. The highest BCUT2D eigenvalue weighted by Gasteiger charge is 2.42. The molecule has 6 rings (SSSR count). The molecule has 3 atom stereocenters. The summed E-state index contributed by atoms with van der Waals surface area (Å²) in [4.78, 5) is 37.5. The van der Waals surface area contributed by atoms with Crippen molar-refractivity contribution in [3.63, 3.8) is 0 Å². The number of urea groups is 2. The number of hydrogen-bond donors (Lipinski definition) is 1. The topological polar surface area (TPSA) is 78.0 Å². The van der Waals surface area contributed by atoms with Gasteiger partial charge in [-0.25, -0.2) is 27.7 Å². The smallest absolute Gasteiger partial charge is 0.329 e. The van der Waals surface area contributed by atoms with Gasteiger partial charge in [0.15, 0.2) is 11.6 Å². The Bertz CT molecular complexity index is 1550. The van der Waals surface area contributed by atoms with E-state index in [2.05, 4.69) is 15.2 Å². The second kappa shape index (κ2) is 13.7. The van der Waals surface area contributed by atoms with Crippen LogP contribution in [0.25, 0.3) is 0 Å². The monoisotopic (exact) mass is 635 g/mol. The van der Waals surface area contributed by atoms with E-state index in [-0.39, 0.29) is 18.0 Å². The van der Waals surface area contributed by atoms with Crippen LogP contribution in [0.3, 0.4) is 0 Å². The summed E-state index contributed by atoms with van der Waals surface area (Å²) in [7, 11) is 1.53. The van der Waals surface area contributed by atoms with Crippen LogP contribution in [-0.2, 0) is 0 Å². The first-order valence-corrected chi connectivity index (χ1v) is 16.1. The van der Waals surface area contributed by atoms with Crippen molar-refractivity contribution >= 4 is 12.1 Å². The maximum Gasteiger partial charge on any atom is 0.329 e. The van der Waals surface area contributed by atoms with Crippen molar-refractivity contribution in [2.75, 3.05) is 26.7 Å². The van der Waals surface area contributed by atoms with E-state index in [4.69, 9.17) is 4.74 Å². The Labute approximate surface area is 267 Å². The summed E-state index contributed by atoms with van der Waals surface area (Å²) in [6, 6.07) is 12.7. The third kappa shape index (κ3) is 6.56. The molecule has 46 heavy (non-hydrogen) atoms. The Morgan fingerprint density at radius 3 is 2.43 bits per heavy atom. The van der Waals surface area contributed by atoms with Gasteiger partial charge in [-0.15, -0.1) is 0 Å². The molecule has 2 aromatic carbocycles. The predicted molar refractivity (Wildman–Crippen MR) is 167 cm³/mol. The number of benzene rings is 2. The number of rotatable bonds is 7. The van der Waals surface area contributed by atoms with Crippen LogP contribution in [0.1, 0.15) is 80.3 Å². The number of pyridine rings is 1. The minimum atomic E-state index is -1.01. The van der Waals surface area contributed by atoms with E-state index in [0.717, 1.165) is 62.0 Å². The summed E-state index contributed by atoms with van der Waals surface area (Å²) < 4.78 is 47.1. The molecule has 11 heteroatoms. The first kappa shape index (κ1) is 31.8. The summed E-state index contributed by atoms with van der Waals surface area (Å²) in [5.74, 6) is -1.72. The largest absolute Gasteiger partial charge is 0.495 e. The van der Waals surface area contributed by atoms with Crippen LogP contribution in [0.4, 0.5) is 22.8 Å². The van der Waals surface area contributed by atoms with Gasteiger partial charge in [0.25, 0.3) is 0 Å². The van der Waals surface area contributed by atoms with Gasteiger partial charge in [0, 0.05) is 43.7 Å². The molecule has 1 saturated carbocycles. The van der Waals surface area contributed by atoms with Crippen LogP contribution in [0.5, 0.6) is 5.75 Å². The summed E-state index contributed by atoms with van der Waals surface area (Å²) in [5.41, 5.74) is 2.12. The molecule has 0 radical (unpaired) electrons. The van der Waals surface area contributed by atoms with Crippen molar-refractivity contribution < 1.29 is 27.5 Å². The summed E-state index contributed by atoms with van der Waals surface area (Å²) in [6.07, 6.45) is 6.06. The summed E-state index contributed by atoms with van der Waals surface area (Å²) in [6.45, 7) is 3.76. The van der Waals surface area contributed by atoms with Crippen molar-refractivity contribution in [3.05, 3.63) is 95.1 Å². The standard InChI is InChI=1S/C35H40F3N5O3/c1-22(23-6-4-3-5-7-23)42-17-15-31(25-10-13-29(37)30(38)18-25)43(35(42)45)34(44)40-27-14-16-41(21-27)28-11-8-24(9-12-28)33-32(46-2)19-26(36)20-39-33/h3-7,10,13,18-20,22,24,27-28,31H,8-9,11-12,14-17,21H2,1-2H3,(H,40,44)/t22-,24?,27?,28?,31?/m1/s1. The molecule has 1 N–H and O–H groups in total. The van der Waals surface area contributed by atoms with Crippen LogP contribution in [0, 0.1) is 17.5 Å². The number of nitrogens with zero attached hydrogens (tertiary/aromatic N) is 4. The molecule has 1 aliphatic carbocycles. The molecular weight excluding hydrogens is 595 g/mol. The molecule has 0 spiro atoms. The Balaban J connectivity index is 1.12. The number of methoxy groups -OCH3 is 1. The van der Waals surface area contributed by atoms with E-state index in [1.807, 2.05) is 37.3 Å². The van der Waals surface area contributed by atoms with Crippen LogP contribution in [0.2, 0.25) is 0 Å². The first-order valence-electron chi connectivity index (χ1n) is 16.1. The van der Waals surface area contributed by atoms with Gasteiger partial charge >= 0.3 is 12.1 Å². The van der Waals surface area contributed by atoms with E-state index in [1.165, 1.54) is 30.3 Å². The number of imide groups is 1. The average molecular weight is 636 g/mol. The lowest BCUT2D eigenvalue weighted by molar-refractivity contribution is 0.0933. The molecule has 3 aromatic rings. The third-order valence-corrected chi connectivity index (χ3v) is 9.92. The lowest BCUT2D eigenvalue weighted by Gasteiger charge is -2.43. The van der Waals surface area contributed by atoms with E-state index >= 15 is 0 Å². The van der Waals surface area contributed by atoms with Crippen molar-refractivity contribution in [2.45, 2.75) is 75.5 Å². The second-order valence-corrected chi connectivity index (χ2v) is 12.6. The van der Waals surface area contributed by atoms with Crippen LogP contribution < -0.4 is 10.1 Å². The fraction of sp³-hybridized carbons (Fsp3) is 0.457. The van der Waals surface area contributed by atoms with Gasteiger partial charge in [0.05, 0.1) is 31.1 Å². The van der Waals surface area contributed by atoms with E-state index in [9.17, 15) is 22.8 Å². The predicted octanol–water partition coefficient (Wildman–Crippen LogP) is 6.95. The molecule has 4 amide bonds. The van der Waals surface area contributed by atoms with Gasteiger partial charge in [-0.05, 0) is 68.7 Å². The van der Waals surface area contributed by atoms with Gasteiger partial charge in [0.2, 0.25) is 0 Å². The second-order valence-electron chi connectivity index (χ2n) is 12.6. The SMILES string of the molecule is COc1cc(F)cnc1C1CCC(N2CCC(NC(=O)N3C(=O)N([C@H](C)c4ccccc4)CCC3c3ccc(F)c(F)c3)C2)CC1. The molecule has 244 valence electrons. The maximum absolute atomic E-state index is 14.3. The van der Waals surface area contributed by atoms with E-state index in [1.54, 1.807) is 4.90 Å². The number of hydrogen-bond acceptors (Lipinski definition) is 5. The number of carbonyl (C=O) groups is 2. The number of ether oxygens (including phenoxy) is 1. The molecule has 2 aliphatic heterocycles. The van der Waals surface area contributed by atoms with E-state index < -0.39 is 35.6 Å². The zero-order valence-electron chi connectivity index (χ0n) is 26.2. The molecule has 2 saturated heterocycles. The van der Waals surface area contributed by atoms with E-state index in [0.29, 0.717) is 36.9 Å². The summed E-state index contributed by atoms with van der Waals surface area (Å²) in [5, 5.41) is 3.10. The van der Waals surface area contributed by atoms with Crippen molar-refractivity contribution in [3.8, 4) is 5.75 Å². The number of amides is 4. The van der Waals surface area contributed by atoms with Gasteiger partial charge < -0.3 is 15.0 Å².